The number of ether oxygens (including phenoxy) is 1. The maximum Gasteiger partial charge on any atom is 0.339 e. The zero-order chi connectivity index (χ0) is 16.1. The zero-order valence-electron chi connectivity index (χ0n) is 13.0. The molecule has 0 spiro atoms. The van der Waals surface area contributed by atoms with Crippen molar-refractivity contribution in [3.8, 4) is 5.75 Å². The third-order valence-electron chi connectivity index (χ3n) is 3.74. The van der Waals surface area contributed by atoms with Crippen molar-refractivity contribution in [2.24, 2.45) is 0 Å². The van der Waals surface area contributed by atoms with Gasteiger partial charge in [0.2, 0.25) is 0 Å². The lowest BCUT2D eigenvalue weighted by Gasteiger charge is -2.09. The average molecular weight is 302 g/mol. The Hall–Kier alpha value is -2.87. The van der Waals surface area contributed by atoms with E-state index in [-0.39, 0.29) is 5.97 Å². The van der Waals surface area contributed by atoms with Gasteiger partial charge in [-0.2, -0.15) is 0 Å². The predicted octanol–water partition coefficient (Wildman–Crippen LogP) is 5.24. The summed E-state index contributed by atoms with van der Waals surface area (Å²) in [7, 11) is 0. The van der Waals surface area contributed by atoms with Gasteiger partial charge in [-0.05, 0) is 29.5 Å². The molecule has 0 saturated carbocycles. The van der Waals surface area contributed by atoms with Crippen LogP contribution in [0.15, 0.2) is 78.4 Å². The minimum Gasteiger partial charge on any atom is -0.423 e. The van der Waals surface area contributed by atoms with Gasteiger partial charge in [0.05, 0.1) is 0 Å². The van der Waals surface area contributed by atoms with E-state index in [4.69, 9.17) is 4.74 Å². The van der Waals surface area contributed by atoms with Gasteiger partial charge in [-0.25, -0.2) is 4.79 Å². The number of hydrogen-bond acceptors (Lipinski definition) is 2. The van der Waals surface area contributed by atoms with Gasteiger partial charge in [0.1, 0.15) is 5.75 Å². The van der Waals surface area contributed by atoms with Crippen LogP contribution in [0.2, 0.25) is 0 Å². The lowest BCUT2D eigenvalue weighted by atomic mass is 10.1. The van der Waals surface area contributed by atoms with Crippen LogP contribution >= 0.6 is 0 Å². The highest BCUT2D eigenvalue weighted by Crippen LogP contribution is 2.26. The SMILES string of the molecule is CCC(=Cc1ccccc1)C(=O)Oc1cccc2ccccc12. The first-order valence-electron chi connectivity index (χ1n) is 7.73. The molecule has 0 fully saturated rings. The van der Waals surface area contributed by atoms with Crippen molar-refractivity contribution in [2.45, 2.75) is 13.3 Å². The van der Waals surface area contributed by atoms with Crippen molar-refractivity contribution in [1.82, 2.24) is 0 Å². The topological polar surface area (TPSA) is 26.3 Å². The zero-order valence-corrected chi connectivity index (χ0v) is 13.0. The Kier molecular flexibility index (Phi) is 4.53. The molecule has 0 unspecified atom stereocenters. The van der Waals surface area contributed by atoms with Crippen LogP contribution in [0.1, 0.15) is 18.9 Å². The Labute approximate surface area is 136 Å². The van der Waals surface area contributed by atoms with Crippen molar-refractivity contribution in [3.05, 3.63) is 83.9 Å². The largest absolute Gasteiger partial charge is 0.423 e. The second kappa shape index (κ2) is 6.93. The highest BCUT2D eigenvalue weighted by Gasteiger charge is 2.12. The van der Waals surface area contributed by atoms with Crippen molar-refractivity contribution in [3.63, 3.8) is 0 Å². The van der Waals surface area contributed by atoms with E-state index in [1.807, 2.05) is 85.8 Å². The number of carbonyl (C=O) groups is 1. The maximum atomic E-state index is 12.5. The first-order chi connectivity index (χ1) is 11.3. The first-order valence-corrected chi connectivity index (χ1v) is 7.73. The van der Waals surface area contributed by atoms with Crippen molar-refractivity contribution in [2.75, 3.05) is 0 Å². The maximum absolute atomic E-state index is 12.5. The number of hydrogen-bond donors (Lipinski definition) is 0. The van der Waals surface area contributed by atoms with E-state index in [1.54, 1.807) is 0 Å². The van der Waals surface area contributed by atoms with E-state index in [2.05, 4.69) is 0 Å². The summed E-state index contributed by atoms with van der Waals surface area (Å²) >= 11 is 0. The first kappa shape index (κ1) is 15.0. The average Bonchev–Trinajstić information content (AvgIpc) is 2.61. The number of carbonyl (C=O) groups excluding carboxylic acids is 1. The molecule has 23 heavy (non-hydrogen) atoms. The standard InChI is InChI=1S/C21H18O2/c1-2-17(15-16-9-4-3-5-10-16)21(22)23-20-14-8-12-18-11-6-7-13-19(18)20/h3-15H,2H2,1H3. The normalized spacial score (nSPS) is 11.4. The highest BCUT2D eigenvalue weighted by atomic mass is 16.5. The number of fused-ring (bicyclic) bond motifs is 1. The Morgan fingerprint density at radius 2 is 1.61 bits per heavy atom. The predicted molar refractivity (Wildman–Crippen MR) is 94.3 cm³/mol. The second-order valence-corrected chi connectivity index (χ2v) is 5.30. The molecule has 0 radical (unpaired) electrons. The van der Waals surface area contributed by atoms with Crippen molar-refractivity contribution < 1.29 is 9.53 Å². The van der Waals surface area contributed by atoms with Crippen LogP contribution in [-0.2, 0) is 4.79 Å². The summed E-state index contributed by atoms with van der Waals surface area (Å²) in [5, 5.41) is 2.00. The molecule has 114 valence electrons. The van der Waals surface area contributed by atoms with E-state index < -0.39 is 0 Å². The van der Waals surface area contributed by atoms with Crippen LogP contribution in [0.25, 0.3) is 16.8 Å². The van der Waals surface area contributed by atoms with Gasteiger partial charge in [0.25, 0.3) is 0 Å². The van der Waals surface area contributed by atoms with Gasteiger partial charge in [0.15, 0.2) is 0 Å². The summed E-state index contributed by atoms with van der Waals surface area (Å²) in [6.45, 7) is 1.96. The molecule has 0 atom stereocenters. The molecule has 2 heteroatoms. The molecule has 2 nitrogen and oxygen atoms in total. The lowest BCUT2D eigenvalue weighted by Crippen LogP contribution is -2.11. The van der Waals surface area contributed by atoms with Gasteiger partial charge in [-0.1, -0.05) is 73.7 Å². The monoisotopic (exact) mass is 302 g/mol. The second-order valence-electron chi connectivity index (χ2n) is 5.30. The third-order valence-corrected chi connectivity index (χ3v) is 3.74. The molecule has 0 aliphatic carbocycles. The molecule has 0 amide bonds. The van der Waals surface area contributed by atoms with Crippen LogP contribution in [0.4, 0.5) is 0 Å². The fourth-order valence-corrected chi connectivity index (χ4v) is 2.51. The number of esters is 1. The highest BCUT2D eigenvalue weighted by molar-refractivity contribution is 5.97. The molecule has 0 bridgehead atoms. The van der Waals surface area contributed by atoms with Crippen LogP contribution in [-0.4, -0.2) is 5.97 Å². The fraction of sp³-hybridized carbons (Fsp3) is 0.0952. The third kappa shape index (κ3) is 3.49. The smallest absolute Gasteiger partial charge is 0.339 e. The summed E-state index contributed by atoms with van der Waals surface area (Å²) in [6.07, 6.45) is 2.51. The molecule has 0 aliphatic heterocycles. The van der Waals surface area contributed by atoms with Gasteiger partial charge in [0, 0.05) is 11.0 Å². The Bertz CT molecular complexity index is 843. The van der Waals surface area contributed by atoms with Crippen LogP contribution in [0.3, 0.4) is 0 Å². The fourth-order valence-electron chi connectivity index (χ4n) is 2.51. The molecule has 0 aliphatic rings. The molecular formula is C21H18O2. The number of rotatable bonds is 4. The summed E-state index contributed by atoms with van der Waals surface area (Å²) < 4.78 is 5.65. The molecule has 3 aromatic carbocycles. The Balaban J connectivity index is 1.89. The van der Waals surface area contributed by atoms with Crippen LogP contribution < -0.4 is 4.74 Å². The van der Waals surface area contributed by atoms with Crippen molar-refractivity contribution in [1.29, 1.82) is 0 Å². The molecule has 3 aromatic rings. The molecular weight excluding hydrogens is 284 g/mol. The summed E-state index contributed by atoms with van der Waals surface area (Å²) in [5.74, 6) is 0.299. The minimum atomic E-state index is -0.298. The molecule has 0 saturated heterocycles. The van der Waals surface area contributed by atoms with E-state index in [0.29, 0.717) is 17.7 Å². The van der Waals surface area contributed by atoms with Gasteiger partial charge < -0.3 is 4.74 Å². The molecule has 0 N–H and O–H groups in total. The lowest BCUT2D eigenvalue weighted by molar-refractivity contribution is -0.130. The quantitative estimate of drug-likeness (QED) is 0.374. The number of benzene rings is 3. The minimum absolute atomic E-state index is 0.298. The van der Waals surface area contributed by atoms with E-state index in [9.17, 15) is 4.79 Å². The van der Waals surface area contributed by atoms with Gasteiger partial charge in [-0.3, -0.25) is 0 Å². The molecule has 3 rings (SSSR count). The molecule has 0 heterocycles. The Morgan fingerprint density at radius 3 is 2.39 bits per heavy atom. The molecule has 0 aromatic heterocycles. The summed E-state index contributed by atoms with van der Waals surface area (Å²) in [6, 6.07) is 23.4. The van der Waals surface area contributed by atoms with E-state index >= 15 is 0 Å². The van der Waals surface area contributed by atoms with Crippen LogP contribution in [0.5, 0.6) is 5.75 Å². The van der Waals surface area contributed by atoms with Crippen molar-refractivity contribution >= 4 is 22.8 Å². The van der Waals surface area contributed by atoms with Crippen LogP contribution in [0, 0.1) is 0 Å². The van der Waals surface area contributed by atoms with Gasteiger partial charge >= 0.3 is 5.97 Å². The summed E-state index contributed by atoms with van der Waals surface area (Å²) in [5.41, 5.74) is 1.66. The Morgan fingerprint density at radius 1 is 0.913 bits per heavy atom. The van der Waals surface area contributed by atoms with Gasteiger partial charge in [-0.15, -0.1) is 0 Å². The summed E-state index contributed by atoms with van der Waals surface area (Å²) in [4.78, 5) is 12.5. The van der Waals surface area contributed by atoms with E-state index in [1.165, 1.54) is 0 Å². The van der Waals surface area contributed by atoms with E-state index in [0.717, 1.165) is 16.3 Å².